The Bertz CT molecular complexity index is 611. The van der Waals surface area contributed by atoms with Crippen LogP contribution in [0.15, 0.2) is 23.8 Å². The fraction of sp³-hybridized carbons (Fsp3) is 0.308. The van der Waals surface area contributed by atoms with Crippen LogP contribution in [0.1, 0.15) is 16.8 Å². The lowest BCUT2D eigenvalue weighted by atomic mass is 10.0. The minimum Gasteiger partial charge on any atom is -0.478 e. The Morgan fingerprint density at radius 3 is 2.48 bits per heavy atom. The second kappa shape index (κ2) is 5.27. The van der Waals surface area contributed by atoms with E-state index in [4.69, 9.17) is 10.8 Å². The lowest BCUT2D eigenvalue weighted by Crippen LogP contribution is -2.33. The summed E-state index contributed by atoms with van der Waals surface area (Å²) in [7, 11) is 0. The number of hydrogen-bond donors (Lipinski definition) is 2. The minimum atomic E-state index is -4.39. The van der Waals surface area contributed by atoms with Gasteiger partial charge in [-0.3, -0.25) is 0 Å². The number of nitrogens with two attached hydrogens (primary N) is 1. The maximum Gasteiger partial charge on any atom is 0.412 e. The molecule has 1 heterocycles. The predicted octanol–water partition coefficient (Wildman–Crippen LogP) is 2.80. The van der Waals surface area contributed by atoms with Crippen molar-refractivity contribution < 1.29 is 27.5 Å². The second-order valence-corrected chi connectivity index (χ2v) is 4.58. The highest BCUT2D eigenvalue weighted by molar-refractivity contribution is 6.00. The molecule has 21 heavy (non-hydrogen) atoms. The Balaban J connectivity index is 2.35. The zero-order valence-corrected chi connectivity index (χ0v) is 10.7. The van der Waals surface area contributed by atoms with Gasteiger partial charge in [0, 0.05) is 18.7 Å². The van der Waals surface area contributed by atoms with Gasteiger partial charge in [-0.15, -0.1) is 0 Å². The third-order valence-electron chi connectivity index (χ3n) is 3.30. The summed E-state index contributed by atoms with van der Waals surface area (Å²) in [5.74, 6) is -2.30. The number of nitrogen functional groups attached to an aromatic ring is 1. The summed E-state index contributed by atoms with van der Waals surface area (Å²) in [5.41, 5.74) is 3.92. The van der Waals surface area contributed by atoms with Gasteiger partial charge >= 0.3 is 12.1 Å². The molecule has 114 valence electrons. The number of aromatic carboxylic acids is 1. The van der Waals surface area contributed by atoms with Gasteiger partial charge in [0.1, 0.15) is 11.4 Å². The number of nitrogens with zero attached hydrogens (tertiary/aromatic N) is 1. The fourth-order valence-electron chi connectivity index (χ4n) is 2.22. The molecule has 0 saturated carbocycles. The summed E-state index contributed by atoms with van der Waals surface area (Å²) in [6.07, 6.45) is -3.65. The summed E-state index contributed by atoms with van der Waals surface area (Å²) in [4.78, 5) is 12.6. The molecule has 0 aromatic heterocycles. The van der Waals surface area contributed by atoms with Crippen molar-refractivity contribution in [3.63, 3.8) is 0 Å². The highest BCUT2D eigenvalue weighted by Gasteiger charge is 2.35. The summed E-state index contributed by atoms with van der Waals surface area (Å²) in [5, 5.41) is 9.11. The third kappa shape index (κ3) is 2.93. The van der Waals surface area contributed by atoms with Crippen LogP contribution in [0.25, 0.3) is 0 Å². The molecule has 4 nitrogen and oxygen atoms in total. The smallest absolute Gasteiger partial charge is 0.412 e. The molecule has 1 aromatic rings. The molecule has 2 rings (SSSR count). The molecule has 1 aliphatic heterocycles. The Hall–Kier alpha value is -2.25. The van der Waals surface area contributed by atoms with Gasteiger partial charge in [0.2, 0.25) is 0 Å². The Labute approximate surface area is 117 Å². The molecule has 0 fully saturated rings. The first-order valence-electron chi connectivity index (χ1n) is 6.04. The molecule has 0 amide bonds. The van der Waals surface area contributed by atoms with E-state index >= 15 is 0 Å². The van der Waals surface area contributed by atoms with E-state index in [9.17, 15) is 22.4 Å². The lowest BCUT2D eigenvalue weighted by molar-refractivity contribution is -0.0944. The summed E-state index contributed by atoms with van der Waals surface area (Å²) < 4.78 is 51.0. The van der Waals surface area contributed by atoms with Crippen LogP contribution in [-0.2, 0) is 0 Å². The van der Waals surface area contributed by atoms with Gasteiger partial charge in [-0.25, -0.2) is 9.18 Å². The average molecular weight is 304 g/mol. The van der Waals surface area contributed by atoms with E-state index in [1.807, 2.05) is 0 Å². The minimum absolute atomic E-state index is 0.0172. The van der Waals surface area contributed by atoms with Crippen LogP contribution < -0.4 is 10.6 Å². The monoisotopic (exact) mass is 304 g/mol. The average Bonchev–Trinajstić information content (AvgIpc) is 2.40. The normalized spacial score (nSPS) is 15.8. The molecule has 1 aromatic carbocycles. The van der Waals surface area contributed by atoms with Crippen molar-refractivity contribution in [1.29, 1.82) is 0 Å². The van der Waals surface area contributed by atoms with E-state index in [2.05, 4.69) is 0 Å². The Morgan fingerprint density at radius 1 is 1.33 bits per heavy atom. The molecular formula is C13H12F4N2O2. The quantitative estimate of drug-likeness (QED) is 0.501. The van der Waals surface area contributed by atoms with Crippen molar-refractivity contribution in [3.05, 3.63) is 35.2 Å². The van der Waals surface area contributed by atoms with Crippen molar-refractivity contribution in [2.75, 3.05) is 23.7 Å². The molecule has 0 aliphatic carbocycles. The van der Waals surface area contributed by atoms with Gasteiger partial charge in [0.15, 0.2) is 0 Å². The van der Waals surface area contributed by atoms with Crippen molar-refractivity contribution in [2.45, 2.75) is 12.6 Å². The van der Waals surface area contributed by atoms with Crippen LogP contribution >= 0.6 is 0 Å². The number of benzene rings is 1. The first kappa shape index (κ1) is 15.1. The van der Waals surface area contributed by atoms with Gasteiger partial charge < -0.3 is 15.7 Å². The highest BCUT2D eigenvalue weighted by Crippen LogP contribution is 2.34. The van der Waals surface area contributed by atoms with Crippen LogP contribution in [0.3, 0.4) is 0 Å². The molecule has 0 unspecified atom stereocenters. The summed E-state index contributed by atoms with van der Waals surface area (Å²) >= 11 is 0. The van der Waals surface area contributed by atoms with E-state index in [0.29, 0.717) is 0 Å². The standard InChI is InChI=1S/C13H12F4N2O2/c14-8-1-2-9(10(11(8)18)12(20)21)19-5-3-7(4-6-19)13(15,16)17/h1-3H,4-6,18H2,(H,20,21). The van der Waals surface area contributed by atoms with Gasteiger partial charge in [-0.1, -0.05) is 6.08 Å². The van der Waals surface area contributed by atoms with Gasteiger partial charge in [0.25, 0.3) is 0 Å². The fourth-order valence-corrected chi connectivity index (χ4v) is 2.22. The largest absolute Gasteiger partial charge is 0.478 e. The Morgan fingerprint density at radius 2 is 2.00 bits per heavy atom. The molecule has 3 N–H and O–H groups in total. The predicted molar refractivity (Wildman–Crippen MR) is 68.7 cm³/mol. The van der Waals surface area contributed by atoms with Crippen LogP contribution in [0, 0.1) is 5.82 Å². The summed E-state index contributed by atoms with van der Waals surface area (Å²) in [6.45, 7) is -0.128. The molecule has 0 radical (unpaired) electrons. The zero-order chi connectivity index (χ0) is 15.8. The number of halogens is 4. The van der Waals surface area contributed by atoms with E-state index in [1.165, 1.54) is 11.0 Å². The third-order valence-corrected chi connectivity index (χ3v) is 3.30. The molecule has 0 saturated heterocycles. The van der Waals surface area contributed by atoms with Gasteiger partial charge in [-0.05, 0) is 18.6 Å². The number of alkyl halides is 3. The van der Waals surface area contributed by atoms with Crippen molar-refractivity contribution in [1.82, 2.24) is 0 Å². The maximum atomic E-state index is 13.3. The van der Waals surface area contributed by atoms with Crippen LogP contribution in [0.4, 0.5) is 28.9 Å². The van der Waals surface area contributed by atoms with E-state index < -0.39 is 34.8 Å². The molecule has 8 heteroatoms. The lowest BCUT2D eigenvalue weighted by Gasteiger charge is -2.30. The van der Waals surface area contributed by atoms with Crippen molar-refractivity contribution >= 4 is 17.3 Å². The van der Waals surface area contributed by atoms with Gasteiger partial charge in [-0.2, -0.15) is 13.2 Å². The molecule has 0 bridgehead atoms. The van der Waals surface area contributed by atoms with Crippen LogP contribution in [0.5, 0.6) is 0 Å². The number of carbonyl (C=O) groups is 1. The van der Waals surface area contributed by atoms with Gasteiger partial charge in [0.05, 0.1) is 11.4 Å². The number of hydrogen-bond acceptors (Lipinski definition) is 3. The molecule has 0 atom stereocenters. The highest BCUT2D eigenvalue weighted by atomic mass is 19.4. The van der Waals surface area contributed by atoms with Crippen LogP contribution in [0.2, 0.25) is 0 Å². The SMILES string of the molecule is Nc1c(F)ccc(N2CC=C(C(F)(F)F)CC2)c1C(=O)O. The number of anilines is 2. The molecule has 1 aliphatic rings. The van der Waals surface area contributed by atoms with E-state index in [0.717, 1.165) is 12.1 Å². The van der Waals surface area contributed by atoms with Crippen LogP contribution in [-0.4, -0.2) is 30.3 Å². The zero-order valence-electron chi connectivity index (χ0n) is 10.7. The van der Waals surface area contributed by atoms with Crippen molar-refractivity contribution in [3.8, 4) is 0 Å². The molecular weight excluding hydrogens is 292 g/mol. The number of carboxylic acid groups (broad SMARTS) is 1. The number of carboxylic acids is 1. The topological polar surface area (TPSA) is 66.6 Å². The van der Waals surface area contributed by atoms with E-state index in [1.54, 1.807) is 0 Å². The second-order valence-electron chi connectivity index (χ2n) is 4.58. The summed E-state index contributed by atoms with van der Waals surface area (Å²) in [6, 6.07) is 2.21. The number of rotatable bonds is 2. The molecule has 0 spiro atoms. The van der Waals surface area contributed by atoms with Crippen molar-refractivity contribution in [2.24, 2.45) is 0 Å². The maximum absolute atomic E-state index is 13.3. The first-order chi connectivity index (χ1) is 9.71. The van der Waals surface area contributed by atoms with E-state index in [-0.39, 0.29) is 25.2 Å². The Kier molecular flexibility index (Phi) is 3.80. The first-order valence-corrected chi connectivity index (χ1v) is 6.04.